The third-order valence-electron chi connectivity index (χ3n) is 2.90. The zero-order chi connectivity index (χ0) is 14.4. The number of anilines is 1. The van der Waals surface area contributed by atoms with Crippen LogP contribution in [-0.4, -0.2) is 24.0 Å². The van der Waals surface area contributed by atoms with Crippen LogP contribution in [0.15, 0.2) is 28.2 Å². The fourth-order valence-electron chi connectivity index (χ4n) is 1.88. The molecule has 0 radical (unpaired) electrons. The largest absolute Gasteiger partial charge is 0.469 e. The summed E-state index contributed by atoms with van der Waals surface area (Å²) in [4.78, 5) is 17.6. The minimum absolute atomic E-state index is 0.0270. The first-order valence-electron chi connectivity index (χ1n) is 6.66. The van der Waals surface area contributed by atoms with Gasteiger partial charge in [-0.1, -0.05) is 0 Å². The molecular weight excluding hydrogens is 274 g/mol. The quantitative estimate of drug-likeness (QED) is 0.797. The van der Waals surface area contributed by atoms with E-state index in [1.165, 1.54) is 11.3 Å². The van der Waals surface area contributed by atoms with Gasteiger partial charge in [0.2, 0.25) is 5.91 Å². The molecule has 0 aliphatic heterocycles. The second-order valence-corrected chi connectivity index (χ2v) is 5.23. The summed E-state index contributed by atoms with van der Waals surface area (Å²) in [6, 6.07) is 3.86. The highest BCUT2D eigenvalue weighted by Crippen LogP contribution is 2.20. The second kappa shape index (κ2) is 7.21. The first-order chi connectivity index (χ1) is 9.70. The number of thiazole rings is 1. The van der Waals surface area contributed by atoms with Crippen molar-refractivity contribution in [3.8, 4) is 0 Å². The normalized spacial score (nSPS) is 10.7. The van der Waals surface area contributed by atoms with Crippen molar-refractivity contribution in [3.05, 3.63) is 35.2 Å². The summed E-state index contributed by atoms with van der Waals surface area (Å²) in [6.45, 7) is 5.70. The lowest BCUT2D eigenvalue weighted by atomic mass is 10.3. The zero-order valence-corrected chi connectivity index (χ0v) is 12.6. The lowest BCUT2D eigenvalue weighted by molar-refractivity contribution is -0.116. The van der Waals surface area contributed by atoms with Gasteiger partial charge in [0.15, 0.2) is 5.13 Å². The van der Waals surface area contributed by atoms with Gasteiger partial charge in [0.1, 0.15) is 5.76 Å². The SMILES string of the molecule is CCN(C(C)=O)c1nc(CNCCc2ccco2)cs1. The molecule has 20 heavy (non-hydrogen) atoms. The maximum Gasteiger partial charge on any atom is 0.225 e. The van der Waals surface area contributed by atoms with Crippen LogP contribution >= 0.6 is 11.3 Å². The minimum Gasteiger partial charge on any atom is -0.469 e. The number of hydrogen-bond acceptors (Lipinski definition) is 5. The summed E-state index contributed by atoms with van der Waals surface area (Å²) >= 11 is 1.50. The van der Waals surface area contributed by atoms with Crippen molar-refractivity contribution in [2.45, 2.75) is 26.8 Å². The number of amides is 1. The number of carbonyl (C=O) groups is 1. The van der Waals surface area contributed by atoms with Crippen LogP contribution in [0.2, 0.25) is 0 Å². The topological polar surface area (TPSA) is 58.4 Å². The minimum atomic E-state index is 0.0270. The zero-order valence-electron chi connectivity index (χ0n) is 11.8. The number of rotatable bonds is 7. The Labute approximate surface area is 122 Å². The number of carbonyl (C=O) groups excluding carboxylic acids is 1. The standard InChI is InChI=1S/C14H19N3O2S/c1-3-17(11(2)18)14-16-12(10-20-14)9-15-7-6-13-5-4-8-19-13/h4-5,8,10,15H,3,6-7,9H2,1-2H3. The predicted molar refractivity (Wildman–Crippen MR) is 79.9 cm³/mol. The third-order valence-corrected chi connectivity index (χ3v) is 3.81. The Balaban J connectivity index is 1.79. The first-order valence-corrected chi connectivity index (χ1v) is 7.54. The summed E-state index contributed by atoms with van der Waals surface area (Å²) < 4.78 is 5.26. The molecule has 0 saturated carbocycles. The number of aromatic nitrogens is 1. The Kier molecular flexibility index (Phi) is 5.31. The van der Waals surface area contributed by atoms with E-state index in [0.29, 0.717) is 13.1 Å². The van der Waals surface area contributed by atoms with Gasteiger partial charge < -0.3 is 9.73 Å². The molecule has 5 nitrogen and oxygen atoms in total. The van der Waals surface area contributed by atoms with Crippen molar-refractivity contribution in [1.82, 2.24) is 10.3 Å². The van der Waals surface area contributed by atoms with E-state index in [1.807, 2.05) is 24.4 Å². The van der Waals surface area contributed by atoms with Crippen LogP contribution < -0.4 is 10.2 Å². The Morgan fingerprint density at radius 1 is 1.55 bits per heavy atom. The Morgan fingerprint density at radius 3 is 3.05 bits per heavy atom. The molecule has 0 unspecified atom stereocenters. The van der Waals surface area contributed by atoms with E-state index in [-0.39, 0.29) is 5.91 Å². The van der Waals surface area contributed by atoms with Crippen molar-refractivity contribution >= 4 is 22.4 Å². The van der Waals surface area contributed by atoms with Crippen molar-refractivity contribution in [1.29, 1.82) is 0 Å². The highest BCUT2D eigenvalue weighted by Gasteiger charge is 2.12. The predicted octanol–water partition coefficient (Wildman–Crippen LogP) is 2.44. The van der Waals surface area contributed by atoms with E-state index in [2.05, 4.69) is 10.3 Å². The first kappa shape index (κ1) is 14.7. The molecule has 2 rings (SSSR count). The highest BCUT2D eigenvalue weighted by atomic mass is 32.1. The van der Waals surface area contributed by atoms with E-state index in [4.69, 9.17) is 4.42 Å². The number of furan rings is 1. The molecular formula is C14H19N3O2S. The van der Waals surface area contributed by atoms with Gasteiger partial charge in [-0.2, -0.15) is 0 Å². The molecule has 0 aliphatic carbocycles. The lowest BCUT2D eigenvalue weighted by Crippen LogP contribution is -2.27. The fraction of sp³-hybridized carbons (Fsp3) is 0.429. The van der Waals surface area contributed by atoms with Crippen LogP contribution in [-0.2, 0) is 17.8 Å². The van der Waals surface area contributed by atoms with Gasteiger partial charge in [0.05, 0.1) is 12.0 Å². The van der Waals surface area contributed by atoms with Gasteiger partial charge in [0.25, 0.3) is 0 Å². The van der Waals surface area contributed by atoms with Gasteiger partial charge in [-0.25, -0.2) is 4.98 Å². The lowest BCUT2D eigenvalue weighted by Gasteiger charge is -2.14. The monoisotopic (exact) mass is 293 g/mol. The molecule has 0 atom stereocenters. The molecule has 0 bridgehead atoms. The summed E-state index contributed by atoms with van der Waals surface area (Å²) in [5.41, 5.74) is 0.962. The average Bonchev–Trinajstić information content (AvgIpc) is 3.06. The fourth-order valence-corrected chi connectivity index (χ4v) is 2.81. The van der Waals surface area contributed by atoms with Crippen LogP contribution in [0.4, 0.5) is 5.13 Å². The van der Waals surface area contributed by atoms with Crippen molar-refractivity contribution in [2.24, 2.45) is 0 Å². The number of hydrogen-bond donors (Lipinski definition) is 1. The van der Waals surface area contributed by atoms with Crippen LogP contribution in [0.5, 0.6) is 0 Å². The summed E-state index contributed by atoms with van der Waals surface area (Å²) in [6.07, 6.45) is 2.54. The second-order valence-electron chi connectivity index (χ2n) is 4.39. The molecule has 1 amide bonds. The van der Waals surface area contributed by atoms with Crippen molar-refractivity contribution < 1.29 is 9.21 Å². The van der Waals surface area contributed by atoms with E-state index >= 15 is 0 Å². The Bertz CT molecular complexity index is 536. The van der Waals surface area contributed by atoms with Gasteiger partial charge in [-0.05, 0) is 19.1 Å². The maximum absolute atomic E-state index is 11.4. The summed E-state index contributed by atoms with van der Waals surface area (Å²) in [5, 5.41) is 6.07. The van der Waals surface area contributed by atoms with E-state index in [1.54, 1.807) is 18.1 Å². The smallest absolute Gasteiger partial charge is 0.225 e. The molecule has 0 saturated heterocycles. The highest BCUT2D eigenvalue weighted by molar-refractivity contribution is 7.14. The molecule has 6 heteroatoms. The molecule has 108 valence electrons. The molecule has 2 heterocycles. The third kappa shape index (κ3) is 3.91. The van der Waals surface area contributed by atoms with E-state index in [0.717, 1.165) is 29.6 Å². The van der Waals surface area contributed by atoms with Crippen LogP contribution in [0.3, 0.4) is 0 Å². The van der Waals surface area contributed by atoms with Crippen molar-refractivity contribution in [2.75, 3.05) is 18.0 Å². The van der Waals surface area contributed by atoms with Gasteiger partial charge in [-0.15, -0.1) is 11.3 Å². The summed E-state index contributed by atoms with van der Waals surface area (Å²) in [7, 11) is 0. The molecule has 0 fully saturated rings. The Morgan fingerprint density at radius 2 is 2.40 bits per heavy atom. The average molecular weight is 293 g/mol. The van der Waals surface area contributed by atoms with Gasteiger partial charge in [-0.3, -0.25) is 9.69 Å². The maximum atomic E-state index is 11.4. The molecule has 0 aromatic carbocycles. The molecule has 2 aromatic rings. The number of nitrogens with one attached hydrogen (secondary N) is 1. The van der Waals surface area contributed by atoms with Crippen molar-refractivity contribution in [3.63, 3.8) is 0 Å². The van der Waals surface area contributed by atoms with E-state index in [9.17, 15) is 4.79 Å². The van der Waals surface area contributed by atoms with Gasteiger partial charge in [0, 0.05) is 38.4 Å². The van der Waals surface area contributed by atoms with Gasteiger partial charge >= 0.3 is 0 Å². The van der Waals surface area contributed by atoms with Crippen LogP contribution in [0.25, 0.3) is 0 Å². The molecule has 2 aromatic heterocycles. The van der Waals surface area contributed by atoms with Crippen LogP contribution in [0.1, 0.15) is 25.3 Å². The summed E-state index contributed by atoms with van der Waals surface area (Å²) in [5.74, 6) is 1.00. The number of nitrogens with zero attached hydrogens (tertiary/aromatic N) is 2. The van der Waals surface area contributed by atoms with Crippen LogP contribution in [0, 0.1) is 0 Å². The van der Waals surface area contributed by atoms with E-state index < -0.39 is 0 Å². The molecule has 0 spiro atoms. The molecule has 0 aliphatic rings. The Hall–Kier alpha value is -1.66. The molecule has 1 N–H and O–H groups in total.